The molecule has 29 heavy (non-hydrogen) atoms. The molecule has 0 radical (unpaired) electrons. The Balaban J connectivity index is 1.57. The molecule has 0 fully saturated rings. The summed E-state index contributed by atoms with van der Waals surface area (Å²) >= 11 is 0. The summed E-state index contributed by atoms with van der Waals surface area (Å²) in [6.45, 7) is 6.48. The van der Waals surface area contributed by atoms with Crippen LogP contribution >= 0.6 is 0 Å². The minimum absolute atomic E-state index is 0.162. The second kappa shape index (κ2) is 9.78. The average molecular weight is 389 g/mol. The lowest BCUT2D eigenvalue weighted by atomic mass is 10.1. The SMILES string of the molecule is CC[C@@H](Oc1cc(C)cc(C)c1)C(=O)Nc1ccc(OCc2ccccc2)cc1. The van der Waals surface area contributed by atoms with E-state index in [4.69, 9.17) is 9.47 Å². The van der Waals surface area contributed by atoms with E-state index in [-0.39, 0.29) is 5.91 Å². The zero-order chi connectivity index (χ0) is 20.6. The van der Waals surface area contributed by atoms with E-state index in [1.807, 2.05) is 87.5 Å². The van der Waals surface area contributed by atoms with Crippen molar-refractivity contribution in [3.05, 3.63) is 89.5 Å². The Bertz CT molecular complexity index is 916. The highest BCUT2D eigenvalue weighted by Gasteiger charge is 2.19. The third kappa shape index (κ3) is 6.11. The van der Waals surface area contributed by atoms with E-state index >= 15 is 0 Å². The summed E-state index contributed by atoms with van der Waals surface area (Å²) in [7, 11) is 0. The summed E-state index contributed by atoms with van der Waals surface area (Å²) in [5, 5.41) is 2.92. The lowest BCUT2D eigenvalue weighted by Crippen LogP contribution is -2.32. The van der Waals surface area contributed by atoms with Gasteiger partial charge in [0.15, 0.2) is 6.10 Å². The number of carbonyl (C=O) groups is 1. The molecule has 0 aromatic heterocycles. The summed E-state index contributed by atoms with van der Waals surface area (Å²) in [4.78, 5) is 12.6. The van der Waals surface area contributed by atoms with Crippen molar-refractivity contribution in [2.24, 2.45) is 0 Å². The van der Waals surface area contributed by atoms with Crippen LogP contribution in [0.1, 0.15) is 30.0 Å². The number of nitrogens with one attached hydrogen (secondary N) is 1. The highest BCUT2D eigenvalue weighted by molar-refractivity contribution is 5.94. The fourth-order valence-electron chi connectivity index (χ4n) is 3.09. The van der Waals surface area contributed by atoms with Crippen molar-refractivity contribution < 1.29 is 14.3 Å². The third-order valence-corrected chi connectivity index (χ3v) is 4.51. The molecule has 0 spiro atoms. The van der Waals surface area contributed by atoms with E-state index in [9.17, 15) is 4.79 Å². The third-order valence-electron chi connectivity index (χ3n) is 4.51. The van der Waals surface area contributed by atoms with Gasteiger partial charge < -0.3 is 14.8 Å². The van der Waals surface area contributed by atoms with Gasteiger partial charge >= 0.3 is 0 Å². The number of carbonyl (C=O) groups excluding carboxylic acids is 1. The zero-order valence-electron chi connectivity index (χ0n) is 17.1. The van der Waals surface area contributed by atoms with Gasteiger partial charge in [-0.1, -0.05) is 43.3 Å². The predicted octanol–water partition coefficient (Wildman–Crippen LogP) is 5.68. The number of anilines is 1. The smallest absolute Gasteiger partial charge is 0.265 e. The van der Waals surface area contributed by atoms with Crippen LogP contribution in [0.4, 0.5) is 5.69 Å². The monoisotopic (exact) mass is 389 g/mol. The molecule has 0 aliphatic carbocycles. The molecule has 0 bridgehead atoms. The van der Waals surface area contributed by atoms with Gasteiger partial charge in [-0.2, -0.15) is 0 Å². The number of benzene rings is 3. The molecule has 0 saturated heterocycles. The minimum Gasteiger partial charge on any atom is -0.489 e. The molecule has 0 aliphatic rings. The number of aryl methyl sites for hydroxylation is 2. The number of ether oxygens (including phenoxy) is 2. The van der Waals surface area contributed by atoms with Crippen molar-refractivity contribution in [2.75, 3.05) is 5.32 Å². The minimum atomic E-state index is -0.551. The molecule has 1 atom stereocenters. The Morgan fingerprint density at radius 1 is 0.897 bits per heavy atom. The van der Waals surface area contributed by atoms with Crippen LogP contribution in [-0.2, 0) is 11.4 Å². The van der Waals surface area contributed by atoms with Crippen LogP contribution < -0.4 is 14.8 Å². The standard InChI is InChI=1S/C25H27NO3/c1-4-24(29-23-15-18(2)14-19(3)16-23)25(27)26-21-10-12-22(13-11-21)28-17-20-8-6-5-7-9-20/h5-16,24H,4,17H2,1-3H3,(H,26,27)/t24-/m1/s1. The van der Waals surface area contributed by atoms with Crippen LogP contribution in [0.25, 0.3) is 0 Å². The van der Waals surface area contributed by atoms with Crippen LogP contribution in [0, 0.1) is 13.8 Å². The normalized spacial score (nSPS) is 11.6. The van der Waals surface area contributed by atoms with Crippen molar-refractivity contribution in [2.45, 2.75) is 39.9 Å². The van der Waals surface area contributed by atoms with E-state index in [1.165, 1.54) is 0 Å². The maximum absolute atomic E-state index is 12.6. The van der Waals surface area contributed by atoms with Crippen LogP contribution in [0.5, 0.6) is 11.5 Å². The molecule has 3 aromatic rings. The molecule has 0 heterocycles. The van der Waals surface area contributed by atoms with Crippen molar-refractivity contribution in [3.63, 3.8) is 0 Å². The number of hydrogen-bond acceptors (Lipinski definition) is 3. The Labute approximate surface area is 172 Å². The molecule has 3 aromatic carbocycles. The van der Waals surface area contributed by atoms with E-state index < -0.39 is 6.10 Å². The van der Waals surface area contributed by atoms with Crippen molar-refractivity contribution in [1.29, 1.82) is 0 Å². The van der Waals surface area contributed by atoms with Gasteiger partial charge in [0.25, 0.3) is 5.91 Å². The van der Waals surface area contributed by atoms with Gasteiger partial charge in [0.05, 0.1) is 0 Å². The first-order valence-corrected chi connectivity index (χ1v) is 9.86. The van der Waals surface area contributed by atoms with Crippen LogP contribution in [0.3, 0.4) is 0 Å². The lowest BCUT2D eigenvalue weighted by molar-refractivity contribution is -0.122. The molecule has 150 valence electrons. The highest BCUT2D eigenvalue weighted by Crippen LogP contribution is 2.21. The van der Waals surface area contributed by atoms with E-state index in [0.717, 1.165) is 22.4 Å². The van der Waals surface area contributed by atoms with Gasteiger partial charge in [-0.05, 0) is 73.4 Å². The quantitative estimate of drug-likeness (QED) is 0.539. The zero-order valence-corrected chi connectivity index (χ0v) is 17.1. The maximum atomic E-state index is 12.6. The van der Waals surface area contributed by atoms with E-state index in [0.29, 0.717) is 24.5 Å². The summed E-state index contributed by atoms with van der Waals surface area (Å²) in [6, 6.07) is 23.3. The first kappa shape index (κ1) is 20.5. The molecule has 3 rings (SSSR count). The van der Waals surface area contributed by atoms with Gasteiger partial charge in [-0.15, -0.1) is 0 Å². The molecular formula is C25H27NO3. The molecule has 4 heteroatoms. The summed E-state index contributed by atoms with van der Waals surface area (Å²) in [5.74, 6) is 1.31. The topological polar surface area (TPSA) is 47.6 Å². The van der Waals surface area contributed by atoms with E-state index in [1.54, 1.807) is 0 Å². The molecule has 1 N–H and O–H groups in total. The number of hydrogen-bond donors (Lipinski definition) is 1. The summed E-state index contributed by atoms with van der Waals surface area (Å²) in [5.41, 5.74) is 4.05. The first-order valence-electron chi connectivity index (χ1n) is 9.86. The van der Waals surface area contributed by atoms with Gasteiger partial charge in [0, 0.05) is 5.69 Å². The van der Waals surface area contributed by atoms with Gasteiger partial charge in [-0.3, -0.25) is 4.79 Å². The predicted molar refractivity (Wildman–Crippen MR) is 116 cm³/mol. The molecule has 0 unspecified atom stereocenters. The lowest BCUT2D eigenvalue weighted by Gasteiger charge is -2.18. The van der Waals surface area contributed by atoms with Crippen LogP contribution in [0.15, 0.2) is 72.8 Å². The highest BCUT2D eigenvalue weighted by atomic mass is 16.5. The van der Waals surface area contributed by atoms with Gasteiger partial charge in [0.2, 0.25) is 0 Å². The van der Waals surface area contributed by atoms with E-state index in [2.05, 4.69) is 11.4 Å². The van der Waals surface area contributed by atoms with Crippen molar-refractivity contribution >= 4 is 11.6 Å². The van der Waals surface area contributed by atoms with Crippen LogP contribution in [-0.4, -0.2) is 12.0 Å². The fraction of sp³-hybridized carbons (Fsp3) is 0.240. The summed E-state index contributed by atoms with van der Waals surface area (Å²) < 4.78 is 11.7. The Morgan fingerprint density at radius 2 is 1.55 bits per heavy atom. The molecular weight excluding hydrogens is 362 g/mol. The molecule has 4 nitrogen and oxygen atoms in total. The Hall–Kier alpha value is -3.27. The van der Waals surface area contributed by atoms with Gasteiger partial charge in [-0.25, -0.2) is 0 Å². The maximum Gasteiger partial charge on any atom is 0.265 e. The fourth-order valence-corrected chi connectivity index (χ4v) is 3.09. The second-order valence-corrected chi connectivity index (χ2v) is 7.13. The largest absolute Gasteiger partial charge is 0.489 e. The first-order chi connectivity index (χ1) is 14.0. The Kier molecular flexibility index (Phi) is 6.90. The van der Waals surface area contributed by atoms with Crippen molar-refractivity contribution in [3.8, 4) is 11.5 Å². The number of rotatable bonds is 8. The second-order valence-electron chi connectivity index (χ2n) is 7.13. The van der Waals surface area contributed by atoms with Crippen molar-refractivity contribution in [1.82, 2.24) is 0 Å². The molecule has 0 aliphatic heterocycles. The molecule has 1 amide bonds. The average Bonchev–Trinajstić information content (AvgIpc) is 2.71. The number of amides is 1. The Morgan fingerprint density at radius 3 is 2.17 bits per heavy atom. The molecule has 0 saturated carbocycles. The van der Waals surface area contributed by atoms with Gasteiger partial charge in [0.1, 0.15) is 18.1 Å². The van der Waals surface area contributed by atoms with Crippen LogP contribution in [0.2, 0.25) is 0 Å². The summed E-state index contributed by atoms with van der Waals surface area (Å²) in [6.07, 6.45) is 0.0297.